The van der Waals surface area contributed by atoms with Crippen LogP contribution in [0.5, 0.6) is 0 Å². The van der Waals surface area contributed by atoms with Crippen LogP contribution in [0.25, 0.3) is 0 Å². The van der Waals surface area contributed by atoms with Gasteiger partial charge in [0.1, 0.15) is 0 Å². The fraction of sp³-hybridized carbons (Fsp3) is 0.750. The quantitative estimate of drug-likeness (QED) is 0.651. The third-order valence-electron chi connectivity index (χ3n) is 3.95. The standard InChI is InChI=1S/C12H18O2/c1-11(2)6-4-5-8(11)9-7-12(9,3)10(13)14/h4-7H2,1-3H3,(H,13,14). The number of rotatable bonds is 1. The molecule has 2 fully saturated rings. The summed E-state index contributed by atoms with van der Waals surface area (Å²) in [6.45, 7) is 6.33. The van der Waals surface area contributed by atoms with Crippen LogP contribution in [0.2, 0.25) is 0 Å². The summed E-state index contributed by atoms with van der Waals surface area (Å²) in [4.78, 5) is 11.0. The Hall–Kier alpha value is -0.790. The molecule has 2 heteroatoms. The smallest absolute Gasteiger partial charge is 0.313 e. The van der Waals surface area contributed by atoms with Crippen LogP contribution in [0.1, 0.15) is 46.5 Å². The highest BCUT2D eigenvalue weighted by Gasteiger charge is 2.54. The summed E-state index contributed by atoms with van der Waals surface area (Å²) in [5.41, 5.74) is 2.38. The van der Waals surface area contributed by atoms with E-state index in [9.17, 15) is 4.79 Å². The number of hydrogen-bond donors (Lipinski definition) is 1. The Morgan fingerprint density at radius 2 is 1.93 bits per heavy atom. The number of allylic oxidation sites excluding steroid dienone is 1. The topological polar surface area (TPSA) is 37.3 Å². The molecule has 14 heavy (non-hydrogen) atoms. The molecule has 2 rings (SSSR count). The van der Waals surface area contributed by atoms with Gasteiger partial charge in [0, 0.05) is 0 Å². The predicted molar refractivity (Wildman–Crippen MR) is 55.0 cm³/mol. The Labute approximate surface area is 85.0 Å². The van der Waals surface area contributed by atoms with Gasteiger partial charge in [-0.1, -0.05) is 25.0 Å². The minimum absolute atomic E-state index is 0.253. The molecular weight excluding hydrogens is 176 g/mol. The molecule has 1 atom stereocenters. The van der Waals surface area contributed by atoms with Crippen molar-refractivity contribution in [3.8, 4) is 0 Å². The first-order chi connectivity index (χ1) is 6.38. The summed E-state index contributed by atoms with van der Waals surface area (Å²) in [6.07, 6.45) is 4.33. The van der Waals surface area contributed by atoms with Crippen molar-refractivity contribution in [2.45, 2.75) is 46.5 Å². The van der Waals surface area contributed by atoms with Crippen molar-refractivity contribution in [2.75, 3.05) is 0 Å². The molecule has 1 N–H and O–H groups in total. The van der Waals surface area contributed by atoms with Crippen molar-refractivity contribution in [1.82, 2.24) is 0 Å². The van der Waals surface area contributed by atoms with E-state index >= 15 is 0 Å². The molecule has 2 nitrogen and oxygen atoms in total. The highest BCUT2D eigenvalue weighted by Crippen LogP contribution is 2.59. The third-order valence-corrected chi connectivity index (χ3v) is 3.95. The summed E-state index contributed by atoms with van der Waals surface area (Å²) >= 11 is 0. The summed E-state index contributed by atoms with van der Waals surface area (Å²) in [6, 6.07) is 0. The van der Waals surface area contributed by atoms with Crippen molar-refractivity contribution < 1.29 is 9.90 Å². The molecule has 0 heterocycles. The Balaban J connectivity index is 2.33. The number of aliphatic carboxylic acids is 1. The van der Waals surface area contributed by atoms with Crippen LogP contribution < -0.4 is 0 Å². The number of carboxylic acids is 1. The van der Waals surface area contributed by atoms with Gasteiger partial charge in [0.2, 0.25) is 0 Å². The lowest BCUT2D eigenvalue weighted by Crippen LogP contribution is -2.13. The van der Waals surface area contributed by atoms with Crippen LogP contribution in [-0.2, 0) is 4.79 Å². The Bertz CT molecular complexity index is 325. The molecule has 1 unspecified atom stereocenters. The first-order valence-corrected chi connectivity index (χ1v) is 5.34. The van der Waals surface area contributed by atoms with Gasteiger partial charge in [-0.25, -0.2) is 0 Å². The van der Waals surface area contributed by atoms with E-state index in [4.69, 9.17) is 5.11 Å². The molecule has 2 aliphatic rings. The Morgan fingerprint density at radius 1 is 1.29 bits per heavy atom. The van der Waals surface area contributed by atoms with Gasteiger partial charge in [-0.2, -0.15) is 0 Å². The average molecular weight is 194 g/mol. The predicted octanol–water partition coefficient (Wildman–Crippen LogP) is 2.99. The highest BCUT2D eigenvalue weighted by molar-refractivity contribution is 5.84. The molecule has 2 aliphatic carbocycles. The third kappa shape index (κ3) is 1.20. The van der Waals surface area contributed by atoms with Gasteiger partial charge in [0.25, 0.3) is 0 Å². The van der Waals surface area contributed by atoms with Gasteiger partial charge in [-0.3, -0.25) is 4.79 Å². The van der Waals surface area contributed by atoms with Gasteiger partial charge < -0.3 is 5.11 Å². The van der Waals surface area contributed by atoms with E-state index in [1.165, 1.54) is 24.0 Å². The van der Waals surface area contributed by atoms with E-state index < -0.39 is 11.4 Å². The van der Waals surface area contributed by atoms with Gasteiger partial charge in [-0.15, -0.1) is 0 Å². The number of hydrogen-bond acceptors (Lipinski definition) is 1. The lowest BCUT2D eigenvalue weighted by atomic mass is 9.85. The molecule has 0 aromatic rings. The fourth-order valence-corrected chi connectivity index (χ4v) is 2.71. The summed E-state index contributed by atoms with van der Waals surface area (Å²) in [5, 5.41) is 9.08. The zero-order valence-corrected chi connectivity index (χ0v) is 9.18. The molecule has 2 saturated carbocycles. The fourth-order valence-electron chi connectivity index (χ4n) is 2.71. The molecule has 0 aromatic carbocycles. The molecule has 0 amide bonds. The molecule has 0 aliphatic heterocycles. The zero-order valence-electron chi connectivity index (χ0n) is 9.18. The van der Waals surface area contributed by atoms with E-state index in [2.05, 4.69) is 13.8 Å². The number of carbonyl (C=O) groups is 1. The van der Waals surface area contributed by atoms with E-state index in [0.717, 1.165) is 12.8 Å². The van der Waals surface area contributed by atoms with Crippen LogP contribution in [0.4, 0.5) is 0 Å². The largest absolute Gasteiger partial charge is 0.481 e. The van der Waals surface area contributed by atoms with E-state index in [0.29, 0.717) is 0 Å². The van der Waals surface area contributed by atoms with E-state index in [1.807, 2.05) is 6.92 Å². The normalized spacial score (nSPS) is 39.9. The highest BCUT2D eigenvalue weighted by atomic mass is 16.4. The number of carboxylic acid groups (broad SMARTS) is 1. The second-order valence-electron chi connectivity index (χ2n) is 5.51. The van der Waals surface area contributed by atoms with Gasteiger partial charge >= 0.3 is 5.97 Å². The second-order valence-corrected chi connectivity index (χ2v) is 5.51. The van der Waals surface area contributed by atoms with Crippen molar-refractivity contribution in [3.05, 3.63) is 11.1 Å². The van der Waals surface area contributed by atoms with Crippen LogP contribution in [0.3, 0.4) is 0 Å². The van der Waals surface area contributed by atoms with Gasteiger partial charge in [0.15, 0.2) is 0 Å². The molecule has 0 radical (unpaired) electrons. The van der Waals surface area contributed by atoms with Crippen molar-refractivity contribution in [1.29, 1.82) is 0 Å². The van der Waals surface area contributed by atoms with Gasteiger partial charge in [-0.05, 0) is 38.0 Å². The maximum absolute atomic E-state index is 11.0. The van der Waals surface area contributed by atoms with Crippen molar-refractivity contribution in [3.63, 3.8) is 0 Å². The van der Waals surface area contributed by atoms with Crippen LogP contribution >= 0.6 is 0 Å². The van der Waals surface area contributed by atoms with Gasteiger partial charge in [0.05, 0.1) is 5.41 Å². The van der Waals surface area contributed by atoms with Crippen LogP contribution in [-0.4, -0.2) is 11.1 Å². The van der Waals surface area contributed by atoms with Crippen molar-refractivity contribution in [2.24, 2.45) is 10.8 Å². The zero-order chi connectivity index (χ0) is 10.6. The molecular formula is C12H18O2. The van der Waals surface area contributed by atoms with E-state index in [1.54, 1.807) is 0 Å². The maximum Gasteiger partial charge on any atom is 0.313 e. The first-order valence-electron chi connectivity index (χ1n) is 5.34. The minimum Gasteiger partial charge on any atom is -0.481 e. The SMILES string of the molecule is CC1(C)CCCC1=C1CC1(C)C(=O)O. The average Bonchev–Trinajstić information content (AvgIpc) is 2.61. The Kier molecular flexibility index (Phi) is 1.82. The second kappa shape index (κ2) is 2.62. The maximum atomic E-state index is 11.0. The molecule has 78 valence electrons. The summed E-state index contributed by atoms with van der Waals surface area (Å²) in [5.74, 6) is -0.650. The summed E-state index contributed by atoms with van der Waals surface area (Å²) < 4.78 is 0. The molecule has 0 saturated heterocycles. The molecule has 0 bridgehead atoms. The lowest BCUT2D eigenvalue weighted by Gasteiger charge is -2.20. The molecule has 0 aromatic heterocycles. The van der Waals surface area contributed by atoms with Crippen molar-refractivity contribution >= 4 is 5.97 Å². The Morgan fingerprint density at radius 3 is 2.29 bits per heavy atom. The lowest BCUT2D eigenvalue weighted by molar-refractivity contribution is -0.141. The summed E-state index contributed by atoms with van der Waals surface area (Å²) in [7, 11) is 0. The van der Waals surface area contributed by atoms with Crippen LogP contribution in [0, 0.1) is 10.8 Å². The van der Waals surface area contributed by atoms with Crippen LogP contribution in [0.15, 0.2) is 11.1 Å². The molecule has 0 spiro atoms. The van der Waals surface area contributed by atoms with E-state index in [-0.39, 0.29) is 5.41 Å². The monoisotopic (exact) mass is 194 g/mol. The minimum atomic E-state index is -0.650. The first kappa shape index (κ1) is 9.75.